The lowest BCUT2D eigenvalue weighted by Crippen LogP contribution is -2.21. The van der Waals surface area contributed by atoms with Gasteiger partial charge in [-0.1, -0.05) is 127 Å². The van der Waals surface area contributed by atoms with Crippen LogP contribution in [0.2, 0.25) is 0 Å². The molecular weight excluding hydrogens is 542 g/mol. The van der Waals surface area contributed by atoms with Crippen molar-refractivity contribution in [3.8, 4) is 45.5 Å². The smallest absolute Gasteiger partial charge is 0.280 e. The largest absolute Gasteiger partial charge is 0.282 e. The summed E-state index contributed by atoms with van der Waals surface area (Å²) < 4.78 is 3.62. The second-order valence-electron chi connectivity index (χ2n) is 10.5. The van der Waals surface area contributed by atoms with Crippen molar-refractivity contribution in [2.45, 2.75) is 0 Å². The van der Waals surface area contributed by atoms with Gasteiger partial charge in [0.15, 0.2) is 11.6 Å². The van der Waals surface area contributed by atoms with Gasteiger partial charge in [0.05, 0.1) is 5.52 Å². The second kappa shape index (κ2) is 10.6. The number of hydrogen-bond donors (Lipinski definition) is 0. The number of rotatable bonds is 5. The van der Waals surface area contributed by atoms with Crippen molar-refractivity contribution in [2.24, 2.45) is 0 Å². The summed E-state index contributed by atoms with van der Waals surface area (Å²) in [7, 11) is 0. The Morgan fingerprint density at radius 1 is 0.500 bits per heavy atom. The molecule has 0 aliphatic heterocycles. The fourth-order valence-corrected chi connectivity index (χ4v) is 5.80. The fourth-order valence-electron chi connectivity index (χ4n) is 5.80. The summed E-state index contributed by atoms with van der Waals surface area (Å²) >= 11 is 0. The third-order valence-electron chi connectivity index (χ3n) is 7.83. The minimum absolute atomic E-state index is 0.162. The SMILES string of the molecule is O=c1c2c(c(-c3ccccc3)cn1-c1ccccc1)c1ccccc1n2-c1nc(-c2ccccc2)nc(-c2ccccc2)n1. The van der Waals surface area contributed by atoms with Crippen molar-refractivity contribution in [1.29, 1.82) is 0 Å². The average Bonchev–Trinajstić information content (AvgIpc) is 3.46. The van der Waals surface area contributed by atoms with Gasteiger partial charge >= 0.3 is 0 Å². The number of fused-ring (bicyclic) bond motifs is 3. The zero-order valence-corrected chi connectivity index (χ0v) is 23.6. The molecule has 0 atom stereocenters. The molecule has 6 heteroatoms. The van der Waals surface area contributed by atoms with Gasteiger partial charge in [0.1, 0.15) is 5.52 Å². The van der Waals surface area contributed by atoms with Crippen LogP contribution in [0.4, 0.5) is 0 Å². The van der Waals surface area contributed by atoms with Crippen molar-refractivity contribution in [2.75, 3.05) is 0 Å². The average molecular weight is 568 g/mol. The molecule has 5 aromatic carbocycles. The molecule has 0 spiro atoms. The lowest BCUT2D eigenvalue weighted by molar-refractivity contribution is 0.934. The third kappa shape index (κ3) is 4.28. The van der Waals surface area contributed by atoms with Crippen LogP contribution >= 0.6 is 0 Å². The van der Waals surface area contributed by atoms with Crippen LogP contribution in [-0.2, 0) is 0 Å². The minimum atomic E-state index is -0.162. The molecule has 44 heavy (non-hydrogen) atoms. The molecule has 0 unspecified atom stereocenters. The minimum Gasteiger partial charge on any atom is -0.282 e. The fraction of sp³-hybridized carbons (Fsp3) is 0. The van der Waals surface area contributed by atoms with E-state index in [2.05, 4.69) is 18.2 Å². The molecule has 0 saturated heterocycles. The summed E-state index contributed by atoms with van der Waals surface area (Å²) in [4.78, 5) is 29.6. The summed E-state index contributed by atoms with van der Waals surface area (Å²) in [5.74, 6) is 1.44. The number of para-hydroxylation sites is 2. The van der Waals surface area contributed by atoms with Crippen LogP contribution in [-0.4, -0.2) is 24.1 Å². The van der Waals surface area contributed by atoms with E-state index in [1.54, 1.807) is 4.57 Å². The van der Waals surface area contributed by atoms with Crippen LogP contribution in [0, 0.1) is 0 Å². The Kier molecular flexibility index (Phi) is 6.16. The monoisotopic (exact) mass is 567 g/mol. The van der Waals surface area contributed by atoms with E-state index in [9.17, 15) is 4.79 Å². The van der Waals surface area contributed by atoms with Crippen LogP contribution in [0.3, 0.4) is 0 Å². The molecule has 0 fully saturated rings. The lowest BCUT2D eigenvalue weighted by Gasteiger charge is -2.13. The van der Waals surface area contributed by atoms with Crippen LogP contribution < -0.4 is 5.56 Å². The van der Waals surface area contributed by atoms with E-state index in [0.717, 1.165) is 44.2 Å². The zero-order chi connectivity index (χ0) is 29.5. The van der Waals surface area contributed by atoms with Crippen LogP contribution in [0.15, 0.2) is 157 Å². The molecule has 0 amide bonds. The molecule has 0 saturated carbocycles. The van der Waals surface area contributed by atoms with E-state index in [4.69, 9.17) is 15.0 Å². The van der Waals surface area contributed by atoms with Gasteiger partial charge in [-0.15, -0.1) is 0 Å². The highest BCUT2D eigenvalue weighted by Crippen LogP contribution is 2.37. The van der Waals surface area contributed by atoms with Gasteiger partial charge in [0.2, 0.25) is 5.95 Å². The van der Waals surface area contributed by atoms with E-state index >= 15 is 0 Å². The van der Waals surface area contributed by atoms with Gasteiger partial charge in [-0.2, -0.15) is 9.97 Å². The molecule has 0 bridgehead atoms. The topological polar surface area (TPSA) is 65.6 Å². The lowest BCUT2D eigenvalue weighted by atomic mass is 10.0. The Morgan fingerprint density at radius 3 is 1.59 bits per heavy atom. The van der Waals surface area contributed by atoms with Gasteiger partial charge in [0, 0.05) is 39.3 Å². The van der Waals surface area contributed by atoms with Gasteiger partial charge in [-0.25, -0.2) is 4.98 Å². The molecule has 0 aliphatic carbocycles. The van der Waals surface area contributed by atoms with E-state index < -0.39 is 0 Å². The summed E-state index contributed by atoms with van der Waals surface area (Å²) in [6.07, 6.45) is 1.95. The van der Waals surface area contributed by atoms with E-state index in [1.807, 2.05) is 138 Å². The normalized spacial score (nSPS) is 11.3. The van der Waals surface area contributed by atoms with Crippen LogP contribution in [0.5, 0.6) is 0 Å². The van der Waals surface area contributed by atoms with Gasteiger partial charge in [0.25, 0.3) is 5.56 Å². The Hall–Kier alpha value is -6.14. The Morgan fingerprint density at radius 2 is 1.00 bits per heavy atom. The molecular formula is C38H25N5O. The van der Waals surface area contributed by atoms with Crippen molar-refractivity contribution in [1.82, 2.24) is 24.1 Å². The first kappa shape index (κ1) is 25.6. The summed E-state index contributed by atoms with van der Waals surface area (Å²) in [6, 6.07) is 47.7. The van der Waals surface area contributed by atoms with Crippen molar-refractivity contribution in [3.63, 3.8) is 0 Å². The molecule has 8 rings (SSSR count). The number of aromatic nitrogens is 5. The van der Waals surface area contributed by atoms with E-state index in [-0.39, 0.29) is 5.56 Å². The van der Waals surface area contributed by atoms with E-state index in [0.29, 0.717) is 23.1 Å². The van der Waals surface area contributed by atoms with Crippen LogP contribution in [0.25, 0.3) is 67.3 Å². The Labute approximate surface area is 253 Å². The number of nitrogens with zero attached hydrogens (tertiary/aromatic N) is 5. The van der Waals surface area contributed by atoms with Crippen molar-refractivity contribution in [3.05, 3.63) is 162 Å². The van der Waals surface area contributed by atoms with Crippen molar-refractivity contribution >= 4 is 21.8 Å². The van der Waals surface area contributed by atoms with Gasteiger partial charge in [-0.05, 0) is 23.8 Å². The molecule has 6 nitrogen and oxygen atoms in total. The van der Waals surface area contributed by atoms with E-state index in [1.165, 1.54) is 0 Å². The molecule has 208 valence electrons. The van der Waals surface area contributed by atoms with Gasteiger partial charge < -0.3 is 0 Å². The first-order valence-corrected chi connectivity index (χ1v) is 14.4. The maximum atomic E-state index is 14.7. The number of pyridine rings is 1. The highest BCUT2D eigenvalue weighted by atomic mass is 16.1. The quantitative estimate of drug-likeness (QED) is 0.211. The molecule has 0 N–H and O–H groups in total. The molecule has 8 aromatic rings. The molecule has 0 aliphatic rings. The zero-order valence-electron chi connectivity index (χ0n) is 23.6. The first-order valence-electron chi connectivity index (χ1n) is 14.4. The third-order valence-corrected chi connectivity index (χ3v) is 7.83. The maximum Gasteiger partial charge on any atom is 0.280 e. The Bertz CT molecular complexity index is 2270. The second-order valence-corrected chi connectivity index (χ2v) is 10.5. The molecule has 0 radical (unpaired) electrons. The number of hydrogen-bond acceptors (Lipinski definition) is 4. The van der Waals surface area contributed by atoms with Crippen LogP contribution in [0.1, 0.15) is 0 Å². The summed E-state index contributed by atoms with van der Waals surface area (Å²) in [5.41, 5.74) is 5.63. The molecule has 3 heterocycles. The van der Waals surface area contributed by atoms with Crippen molar-refractivity contribution < 1.29 is 0 Å². The van der Waals surface area contributed by atoms with Gasteiger partial charge in [-0.3, -0.25) is 13.9 Å². The summed E-state index contributed by atoms with van der Waals surface area (Å²) in [6.45, 7) is 0. The molecule has 3 aromatic heterocycles. The summed E-state index contributed by atoms with van der Waals surface area (Å²) in [5, 5.41) is 1.80. The predicted molar refractivity (Wildman–Crippen MR) is 176 cm³/mol. The first-order chi connectivity index (χ1) is 21.8. The standard InChI is InChI=1S/C38H25N5O/c44-37-34-33(31(26-15-5-1-6-16-26)25-42(37)29-21-11-4-12-22-29)30-23-13-14-24-32(30)43(34)38-40-35(27-17-7-2-8-18-27)39-36(41-38)28-19-9-3-10-20-28/h1-25H. The maximum absolute atomic E-state index is 14.7. The Balaban J connectivity index is 1.53. The highest BCUT2D eigenvalue weighted by molar-refractivity contribution is 6.15. The predicted octanol–water partition coefficient (Wildman–Crippen LogP) is 8.12. The highest BCUT2D eigenvalue weighted by Gasteiger charge is 2.23. The number of benzene rings is 5.